The number of nitrogens with one attached hydrogen (secondary N) is 1. The van der Waals surface area contributed by atoms with Crippen LogP contribution in [0.5, 0.6) is 0 Å². The Balaban J connectivity index is 2.47. The van der Waals surface area contributed by atoms with Crippen LogP contribution in [0.3, 0.4) is 0 Å². The van der Waals surface area contributed by atoms with Crippen LogP contribution in [0, 0.1) is 0 Å². The van der Waals surface area contributed by atoms with Gasteiger partial charge in [0.05, 0.1) is 0 Å². The molecule has 0 amide bonds. The smallest absolute Gasteiger partial charge is 0.102 e. The number of allylic oxidation sites excluding steroid dienone is 4. The Morgan fingerprint density at radius 2 is 2.45 bits per heavy atom. The summed E-state index contributed by atoms with van der Waals surface area (Å²) in [5, 5.41) is 3.80. The van der Waals surface area contributed by atoms with Gasteiger partial charge in [0.2, 0.25) is 0 Å². The normalized spacial score (nSPS) is 17.6. The van der Waals surface area contributed by atoms with Crippen LogP contribution in [0.1, 0.15) is 13.3 Å². The maximum Gasteiger partial charge on any atom is 0.102 e. The lowest BCUT2D eigenvalue weighted by Crippen LogP contribution is -2.16. The standard InChI is InChI=1S/C9H12ClN/c1-2-3-4-8-5-6-9(10)11-7-8/h2-3,5-6,11H,4,7H2,1H3/b3-2+. The monoisotopic (exact) mass is 169 g/mol. The molecule has 1 rings (SSSR count). The Hall–Kier alpha value is -0.690. The lowest BCUT2D eigenvalue weighted by molar-refractivity contribution is 0.878. The Morgan fingerprint density at radius 1 is 1.64 bits per heavy atom. The number of dihydropyridines is 1. The summed E-state index contributed by atoms with van der Waals surface area (Å²) >= 11 is 5.70. The maximum atomic E-state index is 5.70. The first-order chi connectivity index (χ1) is 5.33. The van der Waals surface area contributed by atoms with Crippen molar-refractivity contribution in [2.45, 2.75) is 13.3 Å². The van der Waals surface area contributed by atoms with E-state index in [0.717, 1.165) is 18.1 Å². The Kier molecular flexibility index (Phi) is 3.24. The predicted molar refractivity (Wildman–Crippen MR) is 49.5 cm³/mol. The molecule has 0 unspecified atom stereocenters. The van der Waals surface area contributed by atoms with E-state index in [-0.39, 0.29) is 0 Å². The second-order valence-electron chi connectivity index (χ2n) is 2.47. The van der Waals surface area contributed by atoms with E-state index < -0.39 is 0 Å². The summed E-state index contributed by atoms with van der Waals surface area (Å²) in [4.78, 5) is 0. The summed E-state index contributed by atoms with van der Waals surface area (Å²) in [6.07, 6.45) is 9.17. The lowest BCUT2D eigenvalue weighted by Gasteiger charge is -2.11. The molecular formula is C9H12ClN. The van der Waals surface area contributed by atoms with Crippen molar-refractivity contribution in [2.75, 3.05) is 6.54 Å². The number of halogens is 1. The Morgan fingerprint density at radius 3 is 3.00 bits per heavy atom. The highest BCUT2D eigenvalue weighted by molar-refractivity contribution is 6.29. The minimum Gasteiger partial charge on any atom is -0.372 e. The van der Waals surface area contributed by atoms with E-state index in [1.165, 1.54) is 5.57 Å². The van der Waals surface area contributed by atoms with Crippen LogP contribution in [0.25, 0.3) is 0 Å². The molecular weight excluding hydrogens is 158 g/mol. The fraction of sp³-hybridized carbons (Fsp3) is 0.333. The SMILES string of the molecule is C/C=C/CC1=CC=C(Cl)NC1. The predicted octanol–water partition coefficient (Wildman–Crippen LogP) is 2.56. The second-order valence-corrected chi connectivity index (χ2v) is 2.87. The molecule has 0 saturated heterocycles. The van der Waals surface area contributed by atoms with Gasteiger partial charge in [0.1, 0.15) is 5.16 Å². The fourth-order valence-electron chi connectivity index (χ4n) is 0.916. The zero-order valence-corrected chi connectivity index (χ0v) is 7.36. The molecule has 0 atom stereocenters. The van der Waals surface area contributed by atoms with Crippen LogP contribution in [-0.2, 0) is 0 Å². The van der Waals surface area contributed by atoms with Gasteiger partial charge >= 0.3 is 0 Å². The van der Waals surface area contributed by atoms with Crippen molar-refractivity contribution >= 4 is 11.6 Å². The first-order valence-corrected chi connectivity index (χ1v) is 4.11. The highest BCUT2D eigenvalue weighted by Gasteiger charge is 1.99. The summed E-state index contributed by atoms with van der Waals surface area (Å²) in [5.41, 5.74) is 1.37. The van der Waals surface area contributed by atoms with Crippen LogP contribution in [0.4, 0.5) is 0 Å². The van der Waals surface area contributed by atoms with E-state index in [9.17, 15) is 0 Å². The van der Waals surface area contributed by atoms with Crippen molar-refractivity contribution in [1.29, 1.82) is 0 Å². The third-order valence-corrected chi connectivity index (χ3v) is 1.83. The minimum atomic E-state index is 0.731. The molecule has 0 fully saturated rings. The maximum absolute atomic E-state index is 5.70. The van der Waals surface area contributed by atoms with Crippen LogP contribution in [0.2, 0.25) is 0 Å². The van der Waals surface area contributed by atoms with E-state index in [4.69, 9.17) is 11.6 Å². The third kappa shape index (κ3) is 2.81. The molecule has 0 bridgehead atoms. The molecule has 1 heterocycles. The zero-order chi connectivity index (χ0) is 8.10. The largest absolute Gasteiger partial charge is 0.372 e. The summed E-state index contributed by atoms with van der Waals surface area (Å²) in [6, 6.07) is 0. The van der Waals surface area contributed by atoms with Crippen molar-refractivity contribution in [2.24, 2.45) is 0 Å². The molecule has 1 aliphatic rings. The summed E-state index contributed by atoms with van der Waals surface area (Å²) in [6.45, 7) is 2.90. The molecule has 60 valence electrons. The van der Waals surface area contributed by atoms with E-state index in [2.05, 4.69) is 23.5 Å². The number of hydrogen-bond acceptors (Lipinski definition) is 1. The van der Waals surface area contributed by atoms with Crippen LogP contribution in [-0.4, -0.2) is 6.54 Å². The molecule has 2 heteroatoms. The van der Waals surface area contributed by atoms with E-state index in [1.54, 1.807) is 0 Å². The average molecular weight is 170 g/mol. The minimum absolute atomic E-state index is 0.731. The van der Waals surface area contributed by atoms with Gasteiger partial charge in [-0.15, -0.1) is 0 Å². The molecule has 0 aliphatic carbocycles. The van der Waals surface area contributed by atoms with Gasteiger partial charge in [0.15, 0.2) is 0 Å². The van der Waals surface area contributed by atoms with Gasteiger partial charge in [0.25, 0.3) is 0 Å². The van der Waals surface area contributed by atoms with Gasteiger partial charge < -0.3 is 5.32 Å². The molecule has 0 saturated carbocycles. The van der Waals surface area contributed by atoms with Gasteiger partial charge in [-0.1, -0.05) is 29.8 Å². The highest BCUT2D eigenvalue weighted by atomic mass is 35.5. The molecule has 1 N–H and O–H groups in total. The number of rotatable bonds is 2. The van der Waals surface area contributed by atoms with E-state index in [1.807, 2.05) is 13.0 Å². The molecule has 0 radical (unpaired) electrons. The highest BCUT2D eigenvalue weighted by Crippen LogP contribution is 2.10. The van der Waals surface area contributed by atoms with Crippen LogP contribution < -0.4 is 5.32 Å². The van der Waals surface area contributed by atoms with Gasteiger partial charge in [-0.05, 0) is 25.0 Å². The van der Waals surface area contributed by atoms with Gasteiger partial charge in [-0.3, -0.25) is 0 Å². The van der Waals surface area contributed by atoms with Crippen molar-refractivity contribution in [3.05, 3.63) is 35.0 Å². The summed E-state index contributed by atoms with van der Waals surface area (Å²) in [5.74, 6) is 0. The first kappa shape index (κ1) is 8.41. The van der Waals surface area contributed by atoms with Crippen molar-refractivity contribution in [1.82, 2.24) is 5.32 Å². The summed E-state index contributed by atoms with van der Waals surface area (Å²) in [7, 11) is 0. The van der Waals surface area contributed by atoms with Crippen molar-refractivity contribution in [3.63, 3.8) is 0 Å². The third-order valence-electron chi connectivity index (χ3n) is 1.57. The topological polar surface area (TPSA) is 12.0 Å². The Bertz CT molecular complexity index is 214. The van der Waals surface area contributed by atoms with Crippen molar-refractivity contribution < 1.29 is 0 Å². The molecule has 11 heavy (non-hydrogen) atoms. The van der Waals surface area contributed by atoms with Gasteiger partial charge in [0, 0.05) is 6.54 Å². The molecule has 0 spiro atoms. The molecule has 0 aromatic carbocycles. The molecule has 1 aliphatic heterocycles. The average Bonchev–Trinajstić information content (AvgIpc) is 2.04. The lowest BCUT2D eigenvalue weighted by atomic mass is 10.1. The fourth-order valence-corrected chi connectivity index (χ4v) is 1.05. The number of hydrogen-bond donors (Lipinski definition) is 1. The zero-order valence-electron chi connectivity index (χ0n) is 6.60. The quantitative estimate of drug-likeness (QED) is 0.495. The Labute approximate surface area is 72.4 Å². The van der Waals surface area contributed by atoms with Gasteiger partial charge in [-0.2, -0.15) is 0 Å². The first-order valence-electron chi connectivity index (χ1n) is 3.73. The van der Waals surface area contributed by atoms with E-state index in [0.29, 0.717) is 0 Å². The van der Waals surface area contributed by atoms with Gasteiger partial charge in [-0.25, -0.2) is 0 Å². The molecule has 0 aromatic rings. The molecule has 1 nitrogen and oxygen atoms in total. The van der Waals surface area contributed by atoms with Crippen molar-refractivity contribution in [3.8, 4) is 0 Å². The van der Waals surface area contributed by atoms with Crippen LogP contribution >= 0.6 is 11.6 Å². The second kappa shape index (κ2) is 4.24. The van der Waals surface area contributed by atoms with Crippen LogP contribution in [0.15, 0.2) is 35.0 Å². The van der Waals surface area contributed by atoms with E-state index >= 15 is 0 Å². The summed E-state index contributed by atoms with van der Waals surface area (Å²) < 4.78 is 0. The molecule has 0 aromatic heterocycles.